The van der Waals surface area contributed by atoms with Gasteiger partial charge in [0.25, 0.3) is 0 Å². The lowest BCUT2D eigenvalue weighted by Crippen LogP contribution is -2.26. The maximum Gasteiger partial charge on any atom is 0.407 e. The van der Waals surface area contributed by atoms with Crippen LogP contribution in [0.5, 0.6) is 0 Å². The molecule has 0 spiro atoms. The number of carbonyl (C=O) groups is 2. The highest BCUT2D eigenvalue weighted by molar-refractivity contribution is 14.1. The average Bonchev–Trinajstić information content (AvgIpc) is 2.32. The van der Waals surface area contributed by atoms with Crippen molar-refractivity contribution in [2.75, 3.05) is 13.2 Å². The summed E-state index contributed by atoms with van der Waals surface area (Å²) in [4.78, 5) is 21.1. The maximum absolute atomic E-state index is 11.1. The molecule has 92 valence electrons. The van der Waals surface area contributed by atoms with E-state index in [0.717, 1.165) is 11.8 Å². The molecule has 0 saturated heterocycles. The van der Waals surface area contributed by atoms with E-state index < -0.39 is 6.09 Å². The summed E-state index contributed by atoms with van der Waals surface area (Å²) in [5, 5.41) is 2.49. The fourth-order valence-corrected chi connectivity index (χ4v) is 1.56. The number of halogens is 1. The second-order valence-electron chi connectivity index (χ2n) is 3.39. The number of hydrogen-bond acceptors (Lipinski definition) is 3. The van der Waals surface area contributed by atoms with E-state index >= 15 is 0 Å². The molecule has 0 saturated carbocycles. The van der Waals surface area contributed by atoms with Gasteiger partial charge in [0.2, 0.25) is 0 Å². The minimum Gasteiger partial charge on any atom is -0.449 e. The van der Waals surface area contributed by atoms with E-state index in [2.05, 4.69) is 27.9 Å². The van der Waals surface area contributed by atoms with Crippen molar-refractivity contribution in [1.82, 2.24) is 5.32 Å². The summed E-state index contributed by atoms with van der Waals surface area (Å²) in [6.45, 7) is 0.666. The van der Waals surface area contributed by atoms with Crippen LogP contribution in [0.15, 0.2) is 24.3 Å². The first kappa shape index (κ1) is 14.0. The van der Waals surface area contributed by atoms with Crippen molar-refractivity contribution in [3.05, 3.63) is 33.4 Å². The van der Waals surface area contributed by atoms with Crippen molar-refractivity contribution in [2.24, 2.45) is 0 Å². The molecular weight excluding hydrogens is 333 g/mol. The van der Waals surface area contributed by atoms with Crippen molar-refractivity contribution >= 4 is 35.0 Å². The van der Waals surface area contributed by atoms with Gasteiger partial charge in [0.15, 0.2) is 0 Å². The molecule has 0 atom stereocenters. The van der Waals surface area contributed by atoms with E-state index in [1.807, 2.05) is 24.3 Å². The smallest absolute Gasteiger partial charge is 0.407 e. The van der Waals surface area contributed by atoms with Gasteiger partial charge in [-0.1, -0.05) is 12.1 Å². The van der Waals surface area contributed by atoms with Crippen LogP contribution in [0.3, 0.4) is 0 Å². The first-order valence-corrected chi connectivity index (χ1v) is 6.39. The van der Waals surface area contributed by atoms with Crippen molar-refractivity contribution in [3.63, 3.8) is 0 Å². The minimum absolute atomic E-state index is 0.312. The van der Waals surface area contributed by atoms with Crippen molar-refractivity contribution in [2.45, 2.75) is 12.8 Å². The van der Waals surface area contributed by atoms with Crippen LogP contribution in [-0.4, -0.2) is 25.5 Å². The Morgan fingerprint density at radius 2 is 2.06 bits per heavy atom. The molecule has 1 amide bonds. The summed E-state index contributed by atoms with van der Waals surface area (Å²) < 4.78 is 6.13. The van der Waals surface area contributed by atoms with Crippen molar-refractivity contribution in [1.29, 1.82) is 0 Å². The van der Waals surface area contributed by atoms with Crippen LogP contribution in [0.4, 0.5) is 4.79 Å². The number of ether oxygens (including phenoxy) is 1. The Morgan fingerprint density at radius 3 is 2.71 bits per heavy atom. The lowest BCUT2D eigenvalue weighted by molar-refractivity contribution is -0.107. The zero-order chi connectivity index (χ0) is 12.5. The zero-order valence-electron chi connectivity index (χ0n) is 9.32. The summed E-state index contributed by atoms with van der Waals surface area (Å²) in [7, 11) is 0. The SMILES string of the molecule is O=CCCNC(=O)OCCc1ccc(I)cc1. The van der Waals surface area contributed by atoms with Crippen LogP contribution in [0.1, 0.15) is 12.0 Å². The predicted octanol–water partition coefficient (Wildman–Crippen LogP) is 2.15. The van der Waals surface area contributed by atoms with Gasteiger partial charge in [-0.05, 0) is 40.3 Å². The van der Waals surface area contributed by atoms with Crippen LogP contribution >= 0.6 is 22.6 Å². The number of aldehydes is 1. The van der Waals surface area contributed by atoms with Gasteiger partial charge in [0, 0.05) is 23.0 Å². The number of hydrogen-bond donors (Lipinski definition) is 1. The number of nitrogens with one attached hydrogen (secondary N) is 1. The molecule has 0 aromatic heterocycles. The normalized spacial score (nSPS) is 9.71. The van der Waals surface area contributed by atoms with Crippen LogP contribution < -0.4 is 5.32 Å². The van der Waals surface area contributed by atoms with Crippen LogP contribution in [0.2, 0.25) is 0 Å². The summed E-state index contributed by atoms with van der Waals surface area (Å²) in [5.41, 5.74) is 1.13. The molecule has 0 radical (unpaired) electrons. The third kappa shape index (κ3) is 6.25. The van der Waals surface area contributed by atoms with Gasteiger partial charge < -0.3 is 14.8 Å². The molecule has 4 nitrogen and oxygen atoms in total. The topological polar surface area (TPSA) is 55.4 Å². The molecule has 1 N–H and O–H groups in total. The van der Waals surface area contributed by atoms with Crippen LogP contribution in [0, 0.1) is 3.57 Å². The highest BCUT2D eigenvalue weighted by Crippen LogP contribution is 2.07. The third-order valence-electron chi connectivity index (χ3n) is 2.07. The molecule has 0 aliphatic heterocycles. The minimum atomic E-state index is -0.475. The van der Waals surface area contributed by atoms with Gasteiger partial charge in [-0.25, -0.2) is 4.79 Å². The summed E-state index contributed by atoms with van der Waals surface area (Å²) in [6, 6.07) is 8.05. The van der Waals surface area contributed by atoms with E-state index in [4.69, 9.17) is 4.74 Å². The molecule has 1 rings (SSSR count). The second-order valence-corrected chi connectivity index (χ2v) is 4.64. The van der Waals surface area contributed by atoms with Crippen LogP contribution in [-0.2, 0) is 16.0 Å². The standard InChI is InChI=1S/C12H14INO3/c13-11-4-2-10(3-5-11)6-9-17-12(16)14-7-1-8-15/h2-5,8H,1,6-7,9H2,(H,14,16). The van der Waals surface area contributed by atoms with Gasteiger partial charge in [-0.3, -0.25) is 0 Å². The van der Waals surface area contributed by atoms with Gasteiger partial charge in [0.05, 0.1) is 6.61 Å². The van der Waals surface area contributed by atoms with Crippen LogP contribution in [0.25, 0.3) is 0 Å². The van der Waals surface area contributed by atoms with E-state index in [-0.39, 0.29) is 0 Å². The Morgan fingerprint density at radius 1 is 1.35 bits per heavy atom. The first-order valence-electron chi connectivity index (χ1n) is 5.31. The Balaban J connectivity index is 2.16. The van der Waals surface area contributed by atoms with E-state index in [1.165, 1.54) is 3.57 Å². The molecule has 0 unspecified atom stereocenters. The largest absolute Gasteiger partial charge is 0.449 e. The summed E-state index contributed by atoms with van der Waals surface area (Å²) in [5.74, 6) is 0. The maximum atomic E-state index is 11.1. The van der Waals surface area contributed by atoms with Gasteiger partial charge in [-0.15, -0.1) is 0 Å². The highest BCUT2D eigenvalue weighted by Gasteiger charge is 2.00. The molecule has 0 bridgehead atoms. The molecule has 0 fully saturated rings. The summed E-state index contributed by atoms with van der Waals surface area (Å²) in [6.07, 6.45) is 1.29. The molecule has 0 heterocycles. The fraction of sp³-hybridized carbons (Fsp3) is 0.333. The monoisotopic (exact) mass is 347 g/mol. The lowest BCUT2D eigenvalue weighted by Gasteiger charge is -2.05. The van der Waals surface area contributed by atoms with E-state index in [9.17, 15) is 9.59 Å². The number of amides is 1. The predicted molar refractivity (Wildman–Crippen MR) is 72.9 cm³/mol. The molecule has 1 aromatic rings. The quantitative estimate of drug-likeness (QED) is 0.487. The second kappa shape index (κ2) is 8.05. The van der Waals surface area contributed by atoms with Crippen molar-refractivity contribution in [3.8, 4) is 0 Å². The number of rotatable bonds is 6. The Labute approximate surface area is 114 Å². The molecule has 0 aliphatic rings. The van der Waals surface area contributed by atoms with E-state index in [1.54, 1.807) is 0 Å². The zero-order valence-corrected chi connectivity index (χ0v) is 11.5. The number of carbonyl (C=O) groups excluding carboxylic acids is 2. The summed E-state index contributed by atoms with van der Waals surface area (Å²) >= 11 is 2.24. The highest BCUT2D eigenvalue weighted by atomic mass is 127. The van der Waals surface area contributed by atoms with E-state index in [0.29, 0.717) is 26.0 Å². The lowest BCUT2D eigenvalue weighted by atomic mass is 10.2. The number of alkyl carbamates (subject to hydrolysis) is 1. The Hall–Kier alpha value is -1.11. The van der Waals surface area contributed by atoms with Gasteiger partial charge in [-0.2, -0.15) is 0 Å². The molecule has 5 heteroatoms. The Bertz CT molecular complexity index is 365. The van der Waals surface area contributed by atoms with Gasteiger partial charge in [0.1, 0.15) is 6.29 Å². The first-order chi connectivity index (χ1) is 8.22. The molecule has 17 heavy (non-hydrogen) atoms. The fourth-order valence-electron chi connectivity index (χ4n) is 1.20. The number of benzene rings is 1. The van der Waals surface area contributed by atoms with Crippen molar-refractivity contribution < 1.29 is 14.3 Å². The molecule has 0 aliphatic carbocycles. The Kier molecular flexibility index (Phi) is 6.61. The third-order valence-corrected chi connectivity index (χ3v) is 2.79. The molecule has 1 aromatic carbocycles. The van der Waals surface area contributed by atoms with Gasteiger partial charge >= 0.3 is 6.09 Å². The molecular formula is C12H14INO3. The average molecular weight is 347 g/mol.